The lowest BCUT2D eigenvalue weighted by Gasteiger charge is -2.40. The highest BCUT2D eigenvalue weighted by molar-refractivity contribution is 7.26. The largest absolute Gasteiger partial charge is 0.340 e. The summed E-state index contributed by atoms with van der Waals surface area (Å²) < 4.78 is 5.56. The first-order chi connectivity index (χ1) is 29.6. The lowest BCUT2D eigenvalue weighted by molar-refractivity contribution is 0.590. The highest BCUT2D eigenvalue weighted by atomic mass is 32.1. The molecule has 4 heteroatoms. The van der Waals surface area contributed by atoms with Crippen molar-refractivity contribution in [3.05, 3.63) is 178 Å². The third-order valence-electron chi connectivity index (χ3n) is 14.6. The smallest absolute Gasteiger partial charge is 0.217 e. The second kappa shape index (κ2) is 13.3. The number of hydrogen-bond acceptors (Lipinski definition) is 2. The Morgan fingerprint density at radius 1 is 0.656 bits per heavy atom. The molecule has 9 aromatic rings. The molecule has 12 rings (SSSR count). The van der Waals surface area contributed by atoms with Crippen molar-refractivity contribution in [3.63, 3.8) is 0 Å². The van der Waals surface area contributed by atoms with Crippen LogP contribution in [0.25, 0.3) is 53.5 Å². The maximum absolute atomic E-state index is 2.74. The number of fused-ring (bicyclic) bond motifs is 11. The van der Waals surface area contributed by atoms with Crippen LogP contribution >= 0.6 is 11.3 Å². The van der Waals surface area contributed by atoms with E-state index in [9.17, 15) is 0 Å². The molecule has 0 saturated carbocycles. The molecule has 2 aromatic heterocycles. The van der Waals surface area contributed by atoms with Crippen LogP contribution in [0, 0.1) is 6.92 Å². The molecule has 0 radical (unpaired) electrons. The van der Waals surface area contributed by atoms with Crippen molar-refractivity contribution in [1.29, 1.82) is 0 Å². The summed E-state index contributed by atoms with van der Waals surface area (Å²) in [6.07, 6.45) is 3.04. The van der Waals surface area contributed by atoms with Crippen molar-refractivity contribution in [2.24, 2.45) is 0 Å². The summed E-state index contributed by atoms with van der Waals surface area (Å²) in [5.41, 5.74) is 24.0. The molecular formula is C57H51BN2S. The Morgan fingerprint density at radius 2 is 1.43 bits per heavy atom. The first-order valence-electron chi connectivity index (χ1n) is 22.3. The van der Waals surface area contributed by atoms with Gasteiger partial charge in [0.2, 0.25) is 6.71 Å². The van der Waals surface area contributed by atoms with Gasteiger partial charge in [-0.2, -0.15) is 0 Å². The predicted molar refractivity (Wildman–Crippen MR) is 264 cm³/mol. The molecule has 0 fully saturated rings. The molecule has 0 atom stereocenters. The van der Waals surface area contributed by atoms with E-state index >= 15 is 0 Å². The minimum Gasteiger partial charge on any atom is -0.340 e. The molecule has 61 heavy (non-hydrogen) atoms. The number of thiophene rings is 1. The number of para-hydroxylation sites is 1. The molecule has 4 heterocycles. The van der Waals surface area contributed by atoms with Gasteiger partial charge < -0.3 is 9.47 Å². The standard InChI is InChI=1S/C57H51BN2S/c1-35-31-38-24-23-37-17-14-20-43-53(37)59(54-42-19-11-13-22-49(42)61-55(43)54)30-29-58-51(38)48(32-35)60(34-39-25-26-40(56(2,3)4)33-44(39)36-15-8-7-9-16-36)47-28-27-46-50(52(47)58)41-18-10-12-21-45(41)57(46,5)6/h7-22,25-28,31-33H,23-24,29-30,34H2,1-6H3. The number of benzene rings is 7. The molecule has 0 unspecified atom stereocenters. The zero-order valence-electron chi connectivity index (χ0n) is 36.2. The van der Waals surface area contributed by atoms with E-state index in [1.165, 1.54) is 115 Å². The van der Waals surface area contributed by atoms with Gasteiger partial charge in [-0.1, -0.05) is 162 Å². The van der Waals surface area contributed by atoms with Gasteiger partial charge in [0.1, 0.15) is 0 Å². The fraction of sp³-hybridized carbons (Fsp3) is 0.228. The van der Waals surface area contributed by atoms with Crippen LogP contribution in [0.1, 0.15) is 73.6 Å². The van der Waals surface area contributed by atoms with Gasteiger partial charge in [0.05, 0.1) is 15.7 Å². The molecule has 3 aliphatic rings. The van der Waals surface area contributed by atoms with Gasteiger partial charge in [-0.25, -0.2) is 0 Å². The third-order valence-corrected chi connectivity index (χ3v) is 15.8. The second-order valence-electron chi connectivity index (χ2n) is 19.6. The predicted octanol–water partition coefficient (Wildman–Crippen LogP) is 13.6. The summed E-state index contributed by atoms with van der Waals surface area (Å²) in [4.78, 5) is 2.72. The number of rotatable bonds is 3. The van der Waals surface area contributed by atoms with Crippen molar-refractivity contribution >= 4 is 71.6 Å². The zero-order chi connectivity index (χ0) is 41.4. The Balaban J connectivity index is 1.12. The molecule has 7 aromatic carbocycles. The number of aromatic nitrogens is 1. The highest BCUT2D eigenvalue weighted by Gasteiger charge is 2.44. The van der Waals surface area contributed by atoms with Gasteiger partial charge in [-0.05, 0) is 116 Å². The maximum atomic E-state index is 2.74. The van der Waals surface area contributed by atoms with E-state index in [1.54, 1.807) is 0 Å². The van der Waals surface area contributed by atoms with Gasteiger partial charge >= 0.3 is 0 Å². The van der Waals surface area contributed by atoms with Crippen LogP contribution in [0.5, 0.6) is 0 Å². The first-order valence-corrected chi connectivity index (χ1v) is 23.2. The molecule has 298 valence electrons. The average Bonchev–Trinajstić information content (AvgIpc) is 3.87. The lowest BCUT2D eigenvalue weighted by atomic mass is 9.35. The Kier molecular flexibility index (Phi) is 8.08. The molecule has 0 spiro atoms. The van der Waals surface area contributed by atoms with Crippen LogP contribution in [0.15, 0.2) is 140 Å². The van der Waals surface area contributed by atoms with E-state index in [2.05, 4.69) is 191 Å². The van der Waals surface area contributed by atoms with E-state index in [0.717, 1.165) is 32.3 Å². The van der Waals surface area contributed by atoms with Crippen molar-refractivity contribution < 1.29 is 0 Å². The summed E-state index contributed by atoms with van der Waals surface area (Å²) in [6.45, 7) is 16.2. The first kappa shape index (κ1) is 37.0. The van der Waals surface area contributed by atoms with Crippen LogP contribution < -0.4 is 15.8 Å². The normalized spacial score (nSPS) is 15.2. The van der Waals surface area contributed by atoms with Gasteiger partial charge in [0.25, 0.3) is 0 Å². The van der Waals surface area contributed by atoms with E-state index in [1.807, 2.05) is 11.3 Å². The number of aryl methyl sites for hydroxylation is 4. The third kappa shape index (κ3) is 5.47. The average molecular weight is 807 g/mol. The van der Waals surface area contributed by atoms with Crippen LogP contribution in [0.2, 0.25) is 6.32 Å². The summed E-state index contributed by atoms with van der Waals surface area (Å²) in [5.74, 6) is 0. The minimum atomic E-state index is -0.0886. The topological polar surface area (TPSA) is 8.17 Å². The molecular weight excluding hydrogens is 756 g/mol. The van der Waals surface area contributed by atoms with Gasteiger partial charge in [0, 0.05) is 45.4 Å². The molecule has 0 amide bonds. The lowest BCUT2D eigenvalue weighted by Crippen LogP contribution is -2.53. The summed E-state index contributed by atoms with van der Waals surface area (Å²) in [5, 5.41) is 2.80. The molecule has 0 N–H and O–H groups in total. The summed E-state index contributed by atoms with van der Waals surface area (Å²) in [7, 11) is 0. The fourth-order valence-corrected chi connectivity index (χ4v) is 12.9. The van der Waals surface area contributed by atoms with Crippen LogP contribution in [0.4, 0.5) is 11.4 Å². The number of nitrogens with zero attached hydrogens (tertiary/aromatic N) is 2. The monoisotopic (exact) mass is 806 g/mol. The Labute approximate surface area is 364 Å². The number of anilines is 2. The summed E-state index contributed by atoms with van der Waals surface area (Å²) in [6, 6.07) is 53.9. The quantitative estimate of drug-likeness (QED) is 0.162. The maximum Gasteiger partial charge on any atom is 0.217 e. The fourth-order valence-electron chi connectivity index (χ4n) is 11.7. The van der Waals surface area contributed by atoms with Crippen LogP contribution in [-0.2, 0) is 36.8 Å². The van der Waals surface area contributed by atoms with Crippen molar-refractivity contribution in [2.75, 3.05) is 4.90 Å². The Morgan fingerprint density at radius 3 is 2.28 bits per heavy atom. The Hall–Kier alpha value is -5.84. The van der Waals surface area contributed by atoms with Crippen molar-refractivity contribution in [1.82, 2.24) is 4.57 Å². The van der Waals surface area contributed by atoms with Gasteiger partial charge in [0.15, 0.2) is 0 Å². The molecule has 0 bridgehead atoms. The van der Waals surface area contributed by atoms with E-state index in [-0.39, 0.29) is 17.5 Å². The Bertz CT molecular complexity index is 3270. The van der Waals surface area contributed by atoms with Gasteiger partial charge in [-0.3, -0.25) is 0 Å². The van der Waals surface area contributed by atoms with Crippen LogP contribution in [0.3, 0.4) is 0 Å². The molecule has 0 saturated heterocycles. The van der Waals surface area contributed by atoms with E-state index < -0.39 is 0 Å². The SMILES string of the molecule is Cc1cc2c3c(c1)N(Cc1ccc(C(C)(C)C)cc1-c1ccccc1)c1ccc4c(c1B3CCn1c3c(cccc3c3sc5ccccc5c31)CC2)-c1ccccc1C4(C)C. The van der Waals surface area contributed by atoms with Crippen LogP contribution in [-0.4, -0.2) is 11.3 Å². The second-order valence-corrected chi connectivity index (χ2v) is 20.7. The minimum absolute atomic E-state index is 0.0438. The molecule has 2 aliphatic heterocycles. The summed E-state index contributed by atoms with van der Waals surface area (Å²) >= 11 is 1.97. The highest BCUT2D eigenvalue weighted by Crippen LogP contribution is 2.51. The van der Waals surface area contributed by atoms with Crippen molar-refractivity contribution in [2.45, 2.75) is 84.6 Å². The number of hydrogen-bond donors (Lipinski definition) is 0. The zero-order valence-corrected chi connectivity index (χ0v) is 37.0. The van der Waals surface area contributed by atoms with Gasteiger partial charge in [-0.15, -0.1) is 11.3 Å². The van der Waals surface area contributed by atoms with Crippen molar-refractivity contribution in [3.8, 4) is 22.3 Å². The van der Waals surface area contributed by atoms with E-state index in [0.29, 0.717) is 0 Å². The molecule has 1 aliphatic carbocycles. The molecule has 2 nitrogen and oxygen atoms in total. The van der Waals surface area contributed by atoms with E-state index in [4.69, 9.17) is 0 Å².